The monoisotopic (exact) mass is 295 g/mol. The Morgan fingerprint density at radius 3 is 2.48 bits per heavy atom. The number of likely N-dealkylation sites (tertiary alicyclic amines) is 1. The Bertz CT molecular complexity index is 457. The van der Waals surface area contributed by atoms with Crippen molar-refractivity contribution in [1.82, 2.24) is 10.3 Å². The normalized spacial score (nSPS) is 39.0. The van der Waals surface area contributed by atoms with E-state index in [-0.39, 0.29) is 42.2 Å². The summed E-state index contributed by atoms with van der Waals surface area (Å²) in [5.41, 5.74) is 2.06. The van der Waals surface area contributed by atoms with Gasteiger partial charge in [-0.25, -0.2) is 5.84 Å². The molecule has 1 saturated carbocycles. The molecule has 4 atom stereocenters. The molecule has 2 saturated heterocycles. The first kappa shape index (κ1) is 14.5. The third-order valence-corrected chi connectivity index (χ3v) is 4.89. The second-order valence-corrected chi connectivity index (χ2v) is 6.41. The van der Waals surface area contributed by atoms with Gasteiger partial charge in [-0.1, -0.05) is 6.92 Å². The Balaban J connectivity index is 1.61. The second kappa shape index (κ2) is 5.38. The number of carbonyl (C=O) groups excluding carboxylic acids is 3. The van der Waals surface area contributed by atoms with Gasteiger partial charge in [0.25, 0.3) is 5.91 Å². The van der Waals surface area contributed by atoms with Crippen molar-refractivity contribution in [2.75, 3.05) is 6.54 Å². The Labute approximate surface area is 123 Å². The van der Waals surface area contributed by atoms with Crippen LogP contribution in [0.25, 0.3) is 0 Å². The fourth-order valence-corrected chi connectivity index (χ4v) is 3.86. The molecule has 2 aliphatic heterocycles. The Morgan fingerprint density at radius 2 is 1.90 bits per heavy atom. The number of nitrogens with two attached hydrogens (primary N) is 1. The van der Waals surface area contributed by atoms with Gasteiger partial charge in [0, 0.05) is 0 Å². The van der Waals surface area contributed by atoms with E-state index < -0.39 is 6.10 Å². The molecule has 3 rings (SSSR count). The first-order valence-electron chi connectivity index (χ1n) is 7.52. The van der Waals surface area contributed by atoms with E-state index in [4.69, 9.17) is 10.6 Å². The lowest BCUT2D eigenvalue weighted by Gasteiger charge is -2.21. The van der Waals surface area contributed by atoms with Crippen molar-refractivity contribution in [1.29, 1.82) is 0 Å². The molecular formula is C14H21N3O4. The number of imide groups is 1. The van der Waals surface area contributed by atoms with Crippen LogP contribution in [0.1, 0.15) is 32.6 Å². The molecule has 116 valence electrons. The molecule has 2 heterocycles. The molecular weight excluding hydrogens is 274 g/mol. The maximum absolute atomic E-state index is 12.4. The van der Waals surface area contributed by atoms with E-state index >= 15 is 0 Å². The van der Waals surface area contributed by atoms with E-state index in [9.17, 15) is 14.4 Å². The van der Waals surface area contributed by atoms with Crippen molar-refractivity contribution in [2.45, 2.75) is 44.8 Å². The van der Waals surface area contributed by atoms with E-state index in [2.05, 4.69) is 12.3 Å². The zero-order chi connectivity index (χ0) is 15.1. The zero-order valence-electron chi connectivity index (χ0n) is 12.1. The van der Waals surface area contributed by atoms with Crippen molar-refractivity contribution < 1.29 is 19.1 Å². The summed E-state index contributed by atoms with van der Waals surface area (Å²) in [4.78, 5) is 37.5. The van der Waals surface area contributed by atoms with Gasteiger partial charge in [0.1, 0.15) is 6.10 Å². The Morgan fingerprint density at radius 1 is 1.29 bits per heavy atom. The fraction of sp³-hybridized carbons (Fsp3) is 0.786. The van der Waals surface area contributed by atoms with Crippen molar-refractivity contribution >= 4 is 17.7 Å². The van der Waals surface area contributed by atoms with E-state index in [0.29, 0.717) is 18.8 Å². The number of amides is 3. The van der Waals surface area contributed by atoms with Crippen molar-refractivity contribution in [3.63, 3.8) is 0 Å². The van der Waals surface area contributed by atoms with Gasteiger partial charge < -0.3 is 4.74 Å². The van der Waals surface area contributed by atoms with E-state index in [1.807, 2.05) is 0 Å². The molecule has 0 aromatic carbocycles. The van der Waals surface area contributed by atoms with Crippen LogP contribution in [0, 0.1) is 17.8 Å². The maximum atomic E-state index is 12.4. The number of rotatable bonds is 3. The summed E-state index contributed by atoms with van der Waals surface area (Å²) in [7, 11) is 0. The van der Waals surface area contributed by atoms with Crippen LogP contribution >= 0.6 is 0 Å². The lowest BCUT2D eigenvalue weighted by Crippen LogP contribution is -2.41. The quantitative estimate of drug-likeness (QED) is 0.318. The van der Waals surface area contributed by atoms with E-state index in [1.165, 1.54) is 4.90 Å². The topological polar surface area (TPSA) is 102 Å². The first-order valence-corrected chi connectivity index (χ1v) is 7.52. The van der Waals surface area contributed by atoms with E-state index in [1.54, 1.807) is 0 Å². The molecule has 3 amide bonds. The molecule has 7 heteroatoms. The predicted molar refractivity (Wildman–Crippen MR) is 72.3 cm³/mol. The molecule has 0 radical (unpaired) electrons. The molecule has 0 bridgehead atoms. The van der Waals surface area contributed by atoms with Gasteiger partial charge in [-0.3, -0.25) is 24.7 Å². The molecule has 0 spiro atoms. The fourth-order valence-electron chi connectivity index (χ4n) is 3.86. The van der Waals surface area contributed by atoms with Gasteiger partial charge in [0.05, 0.1) is 24.5 Å². The first-order chi connectivity index (χ1) is 10.0. The van der Waals surface area contributed by atoms with Crippen LogP contribution in [-0.2, 0) is 19.1 Å². The molecule has 4 unspecified atom stereocenters. The minimum atomic E-state index is -0.577. The summed E-state index contributed by atoms with van der Waals surface area (Å²) < 4.78 is 5.58. The van der Waals surface area contributed by atoms with E-state index in [0.717, 1.165) is 12.8 Å². The summed E-state index contributed by atoms with van der Waals surface area (Å²) in [6.07, 6.45) is 1.98. The SMILES string of the molecule is CC1CC2C(=O)N(CC3CCC(C(=O)NN)O3)C(=O)C2C1. The minimum absolute atomic E-state index is 0.0651. The number of hydrazine groups is 1. The highest BCUT2D eigenvalue weighted by atomic mass is 16.5. The van der Waals surface area contributed by atoms with Crippen molar-refractivity contribution in [3.8, 4) is 0 Å². The van der Waals surface area contributed by atoms with Gasteiger partial charge in [-0.05, 0) is 31.6 Å². The number of nitrogens with one attached hydrogen (secondary N) is 1. The molecule has 21 heavy (non-hydrogen) atoms. The van der Waals surface area contributed by atoms with Crippen LogP contribution in [0.5, 0.6) is 0 Å². The van der Waals surface area contributed by atoms with Gasteiger partial charge in [0.2, 0.25) is 11.8 Å². The number of ether oxygens (including phenoxy) is 1. The van der Waals surface area contributed by atoms with Crippen LogP contribution in [0.4, 0.5) is 0 Å². The molecule has 3 fully saturated rings. The largest absolute Gasteiger partial charge is 0.363 e. The second-order valence-electron chi connectivity index (χ2n) is 6.41. The predicted octanol–water partition coefficient (Wildman–Crippen LogP) is -0.445. The van der Waals surface area contributed by atoms with Crippen molar-refractivity contribution in [3.05, 3.63) is 0 Å². The number of carbonyl (C=O) groups is 3. The molecule has 1 aliphatic carbocycles. The summed E-state index contributed by atoms with van der Waals surface area (Å²) in [6, 6.07) is 0. The standard InChI is InChI=1S/C14H21N3O4/c1-7-4-9-10(5-7)14(20)17(13(9)19)6-8-2-3-11(21-8)12(18)16-15/h7-11H,2-6,15H2,1H3,(H,16,18). The Kier molecular flexibility index (Phi) is 3.71. The number of hydrogen-bond acceptors (Lipinski definition) is 5. The lowest BCUT2D eigenvalue weighted by atomic mass is 10.00. The summed E-state index contributed by atoms with van der Waals surface area (Å²) in [5, 5.41) is 0. The van der Waals surface area contributed by atoms with Crippen LogP contribution in [0.3, 0.4) is 0 Å². The average Bonchev–Trinajstić information content (AvgIpc) is 3.13. The summed E-state index contributed by atoms with van der Waals surface area (Å²) >= 11 is 0. The highest BCUT2D eigenvalue weighted by Gasteiger charge is 2.52. The third-order valence-electron chi connectivity index (χ3n) is 4.89. The van der Waals surface area contributed by atoms with Crippen LogP contribution in [0.2, 0.25) is 0 Å². The minimum Gasteiger partial charge on any atom is -0.363 e. The maximum Gasteiger partial charge on any atom is 0.263 e. The molecule has 3 aliphatic rings. The highest BCUT2D eigenvalue weighted by molar-refractivity contribution is 6.05. The van der Waals surface area contributed by atoms with Crippen LogP contribution < -0.4 is 11.3 Å². The molecule has 0 aromatic rings. The van der Waals surface area contributed by atoms with Gasteiger partial charge in [0.15, 0.2) is 0 Å². The van der Waals surface area contributed by atoms with Gasteiger partial charge >= 0.3 is 0 Å². The average molecular weight is 295 g/mol. The Hall–Kier alpha value is -1.47. The third kappa shape index (κ3) is 2.44. The molecule has 3 N–H and O–H groups in total. The number of nitrogens with zero attached hydrogens (tertiary/aromatic N) is 1. The lowest BCUT2D eigenvalue weighted by molar-refractivity contribution is -0.143. The van der Waals surface area contributed by atoms with Crippen LogP contribution in [-0.4, -0.2) is 41.4 Å². The van der Waals surface area contributed by atoms with Gasteiger partial charge in [-0.2, -0.15) is 0 Å². The smallest absolute Gasteiger partial charge is 0.263 e. The summed E-state index contributed by atoms with van der Waals surface area (Å²) in [5.74, 6) is 4.75. The van der Waals surface area contributed by atoms with Gasteiger partial charge in [-0.15, -0.1) is 0 Å². The molecule has 0 aromatic heterocycles. The number of hydrogen-bond donors (Lipinski definition) is 2. The number of fused-ring (bicyclic) bond motifs is 1. The van der Waals surface area contributed by atoms with Crippen LogP contribution in [0.15, 0.2) is 0 Å². The summed E-state index contributed by atoms with van der Waals surface area (Å²) in [6.45, 7) is 2.34. The highest BCUT2D eigenvalue weighted by Crippen LogP contribution is 2.43. The zero-order valence-corrected chi connectivity index (χ0v) is 12.1. The van der Waals surface area contributed by atoms with Crippen molar-refractivity contribution in [2.24, 2.45) is 23.6 Å². The molecule has 7 nitrogen and oxygen atoms in total.